The smallest absolute Gasteiger partial charge is 0.410 e. The Balaban J connectivity index is 1.35. The van der Waals surface area contributed by atoms with Crippen LogP contribution in [0.2, 0.25) is 0 Å². The van der Waals surface area contributed by atoms with Gasteiger partial charge in [-0.25, -0.2) is 14.2 Å². The number of hydrogen-bond donors (Lipinski definition) is 1. The first-order valence-corrected chi connectivity index (χ1v) is 11.9. The van der Waals surface area contributed by atoms with Gasteiger partial charge in [0.05, 0.1) is 28.7 Å². The van der Waals surface area contributed by atoms with E-state index >= 15 is 0 Å². The normalized spacial score (nSPS) is 14.1. The van der Waals surface area contributed by atoms with Crippen molar-refractivity contribution >= 4 is 40.1 Å². The quantitative estimate of drug-likeness (QED) is 0.446. The van der Waals surface area contributed by atoms with Crippen LogP contribution in [0.15, 0.2) is 43.0 Å². The van der Waals surface area contributed by atoms with Crippen molar-refractivity contribution in [2.24, 2.45) is 0 Å². The molecule has 1 fully saturated rings. The summed E-state index contributed by atoms with van der Waals surface area (Å²) in [4.78, 5) is 42.3. The Kier molecular flexibility index (Phi) is 5.93. The molecular weight excluding hydrogens is 477 g/mol. The second kappa shape index (κ2) is 8.99. The summed E-state index contributed by atoms with van der Waals surface area (Å²) in [5.41, 5.74) is 2.73. The van der Waals surface area contributed by atoms with Crippen molar-refractivity contribution in [2.75, 3.05) is 30.4 Å². The van der Waals surface area contributed by atoms with E-state index in [2.05, 4.69) is 25.2 Å². The molecule has 0 spiro atoms. The van der Waals surface area contributed by atoms with Gasteiger partial charge in [-0.15, -0.1) is 0 Å². The van der Waals surface area contributed by atoms with Crippen molar-refractivity contribution in [2.45, 2.75) is 39.3 Å². The number of nitrogens with one attached hydrogen (secondary N) is 1. The van der Waals surface area contributed by atoms with Gasteiger partial charge in [0, 0.05) is 51.0 Å². The van der Waals surface area contributed by atoms with E-state index in [1.807, 2.05) is 26.8 Å². The molecule has 1 saturated heterocycles. The molecule has 0 aliphatic carbocycles. The second-order valence-corrected chi connectivity index (χ2v) is 10.2. The van der Waals surface area contributed by atoms with Crippen molar-refractivity contribution < 1.29 is 18.7 Å². The molecule has 10 nitrogen and oxygen atoms in total. The largest absolute Gasteiger partial charge is 0.444 e. The van der Waals surface area contributed by atoms with E-state index in [-0.39, 0.29) is 17.8 Å². The number of pyridine rings is 1. The van der Waals surface area contributed by atoms with E-state index in [9.17, 15) is 14.0 Å². The average Bonchev–Trinajstić information content (AvgIpc) is 3.17. The zero-order chi connectivity index (χ0) is 26.5. The van der Waals surface area contributed by atoms with Gasteiger partial charge in [0.25, 0.3) is 5.91 Å². The van der Waals surface area contributed by atoms with Crippen LogP contribution >= 0.6 is 0 Å². The number of amides is 2. The number of carbonyl (C=O) groups excluding carboxylic acids is 2. The van der Waals surface area contributed by atoms with Gasteiger partial charge >= 0.3 is 6.09 Å². The third-order valence-electron chi connectivity index (χ3n) is 6.17. The number of rotatable bonds is 4. The molecule has 0 unspecified atom stereocenters. The van der Waals surface area contributed by atoms with Crippen LogP contribution < -0.4 is 10.2 Å². The third kappa shape index (κ3) is 4.76. The molecule has 4 aromatic rings. The molecule has 37 heavy (non-hydrogen) atoms. The summed E-state index contributed by atoms with van der Waals surface area (Å²) in [6, 6.07) is 4.73. The molecule has 3 aromatic heterocycles. The maximum Gasteiger partial charge on any atom is 0.410 e. The Morgan fingerprint density at radius 1 is 1.14 bits per heavy atom. The Morgan fingerprint density at radius 3 is 2.54 bits per heavy atom. The molecule has 2 amide bonds. The maximum absolute atomic E-state index is 14.5. The number of imidazole rings is 1. The fourth-order valence-electron chi connectivity index (χ4n) is 4.31. The summed E-state index contributed by atoms with van der Waals surface area (Å²) in [5.74, 6) is -0.964. The van der Waals surface area contributed by atoms with E-state index < -0.39 is 17.3 Å². The van der Waals surface area contributed by atoms with E-state index in [0.717, 1.165) is 5.69 Å². The summed E-state index contributed by atoms with van der Waals surface area (Å²) >= 11 is 0. The molecular formula is C26H28FN7O3. The number of likely N-dealkylation sites (N-methyl/N-ethyl adjacent to an activating group) is 1. The van der Waals surface area contributed by atoms with Gasteiger partial charge in [-0.3, -0.25) is 14.8 Å². The van der Waals surface area contributed by atoms with Gasteiger partial charge in [-0.2, -0.15) is 0 Å². The Morgan fingerprint density at radius 2 is 1.84 bits per heavy atom. The lowest BCUT2D eigenvalue weighted by molar-refractivity contribution is 0.0197. The minimum absolute atomic E-state index is 0.0128. The number of hydrogen-bond acceptors (Lipinski definition) is 7. The highest BCUT2D eigenvalue weighted by Gasteiger charge is 2.35. The lowest BCUT2D eigenvalue weighted by atomic mass is 10.0. The number of benzene rings is 1. The van der Waals surface area contributed by atoms with E-state index in [4.69, 9.17) is 4.74 Å². The topological polar surface area (TPSA) is 105 Å². The highest BCUT2D eigenvalue weighted by Crippen LogP contribution is 2.31. The number of fused-ring (bicyclic) bond motifs is 2. The fourth-order valence-corrected chi connectivity index (χ4v) is 4.31. The maximum atomic E-state index is 14.5. The first kappa shape index (κ1) is 24.4. The summed E-state index contributed by atoms with van der Waals surface area (Å²) in [7, 11) is 1.73. The summed E-state index contributed by atoms with van der Waals surface area (Å²) < 4.78 is 21.5. The Bertz CT molecular complexity index is 1520. The van der Waals surface area contributed by atoms with Crippen LogP contribution in [-0.4, -0.2) is 68.0 Å². The number of nitrogens with zero attached hydrogens (tertiary/aromatic N) is 6. The number of aromatic nitrogens is 4. The molecule has 1 N–H and O–H groups in total. The minimum Gasteiger partial charge on any atom is -0.444 e. The van der Waals surface area contributed by atoms with Gasteiger partial charge in [-0.05, 0) is 39.8 Å². The van der Waals surface area contributed by atoms with Gasteiger partial charge < -0.3 is 24.3 Å². The van der Waals surface area contributed by atoms with Crippen molar-refractivity contribution in [3.05, 3.63) is 60.1 Å². The van der Waals surface area contributed by atoms with E-state index in [1.165, 1.54) is 16.7 Å². The monoisotopic (exact) mass is 505 g/mol. The zero-order valence-electron chi connectivity index (χ0n) is 21.3. The molecule has 192 valence electrons. The van der Waals surface area contributed by atoms with Crippen molar-refractivity contribution in [3.63, 3.8) is 0 Å². The molecule has 0 bridgehead atoms. The lowest BCUT2D eigenvalue weighted by Gasteiger charge is -2.45. The van der Waals surface area contributed by atoms with Crippen LogP contribution in [0.5, 0.6) is 0 Å². The molecule has 1 aliphatic heterocycles. The van der Waals surface area contributed by atoms with E-state index in [1.54, 1.807) is 43.5 Å². The van der Waals surface area contributed by atoms with Crippen molar-refractivity contribution in [3.8, 4) is 0 Å². The molecule has 0 saturated carbocycles. The van der Waals surface area contributed by atoms with Gasteiger partial charge in [0.15, 0.2) is 11.5 Å². The van der Waals surface area contributed by atoms with Gasteiger partial charge in [0.1, 0.15) is 16.6 Å². The van der Waals surface area contributed by atoms with Gasteiger partial charge in [0.2, 0.25) is 0 Å². The van der Waals surface area contributed by atoms with Crippen LogP contribution in [0.1, 0.15) is 36.8 Å². The third-order valence-corrected chi connectivity index (χ3v) is 6.17. The van der Waals surface area contributed by atoms with Crippen LogP contribution in [0.3, 0.4) is 0 Å². The summed E-state index contributed by atoms with van der Waals surface area (Å²) in [5, 5.41) is 2.76. The highest BCUT2D eigenvalue weighted by atomic mass is 19.1. The molecule has 1 aliphatic rings. The zero-order valence-corrected chi connectivity index (χ0v) is 21.3. The van der Waals surface area contributed by atoms with Crippen LogP contribution in [-0.2, 0) is 4.74 Å². The van der Waals surface area contributed by atoms with Crippen molar-refractivity contribution in [1.82, 2.24) is 24.3 Å². The number of ether oxygens (including phenoxy) is 1. The molecule has 11 heteroatoms. The number of aryl methyl sites for hydroxylation is 1. The van der Waals surface area contributed by atoms with Crippen molar-refractivity contribution in [1.29, 1.82) is 0 Å². The number of carbonyl (C=O) groups is 2. The molecule has 5 rings (SSSR count). The molecule has 0 radical (unpaired) electrons. The lowest BCUT2D eigenvalue weighted by Crippen LogP contribution is -2.60. The molecule has 0 atom stereocenters. The molecule has 4 heterocycles. The standard InChI is InChI=1S/C26H28FN7O3/c1-15-11-34-12-16(10-19(27)23(34)30-15)31-24(35)18-6-7-20(22-21(18)28-8-9-29-22)33-13-17(14-33)32(5)25(36)37-26(2,3)4/h6-12,17H,13-14H2,1-5H3,(H,31,35). The predicted octanol–water partition coefficient (Wildman–Crippen LogP) is 4.03. The highest BCUT2D eigenvalue weighted by molar-refractivity contribution is 6.13. The first-order chi connectivity index (χ1) is 17.5. The number of halogens is 1. The average molecular weight is 506 g/mol. The van der Waals surface area contributed by atoms with Crippen LogP contribution in [0.25, 0.3) is 16.7 Å². The van der Waals surface area contributed by atoms with Gasteiger partial charge in [-0.1, -0.05) is 0 Å². The minimum atomic E-state index is -0.563. The van der Waals surface area contributed by atoms with E-state index in [0.29, 0.717) is 41.1 Å². The predicted molar refractivity (Wildman–Crippen MR) is 137 cm³/mol. The Hall–Kier alpha value is -4.28. The molecule has 1 aromatic carbocycles. The van der Waals surface area contributed by atoms with Crippen LogP contribution in [0.4, 0.5) is 20.6 Å². The summed E-state index contributed by atoms with van der Waals surface area (Å²) in [6.07, 6.45) is 6.03. The SMILES string of the molecule is Cc1cn2cc(NC(=O)c3ccc(N4CC(N(C)C(=O)OC(C)(C)C)C4)c4nccnc34)cc(F)c2n1. The second-order valence-electron chi connectivity index (χ2n) is 10.2. The van der Waals surface area contributed by atoms with Crippen LogP contribution in [0, 0.1) is 12.7 Å². The Labute approximate surface area is 213 Å². The first-order valence-electron chi connectivity index (χ1n) is 11.9. The number of anilines is 2. The summed E-state index contributed by atoms with van der Waals surface area (Å²) in [6.45, 7) is 8.46. The fraction of sp³-hybridized carbons (Fsp3) is 0.346.